The van der Waals surface area contributed by atoms with Crippen LogP contribution in [0, 0.1) is 0 Å². The van der Waals surface area contributed by atoms with Crippen molar-refractivity contribution in [2.45, 2.75) is 18.4 Å². The molecule has 0 saturated carbocycles. The van der Waals surface area contributed by atoms with Crippen molar-refractivity contribution >= 4 is 38.8 Å². The first-order valence-corrected chi connectivity index (χ1v) is 10.6. The average Bonchev–Trinajstić information content (AvgIpc) is 3.18. The number of aromatic nitrogens is 4. The number of hydrogen-bond acceptors (Lipinski definition) is 11. The van der Waals surface area contributed by atoms with Gasteiger partial charge in [0.15, 0.2) is 17.7 Å². The number of nitrogens with zero attached hydrogens (tertiary/aromatic N) is 4. The van der Waals surface area contributed by atoms with Crippen LogP contribution in [-0.4, -0.2) is 69.9 Å². The third-order valence-corrected chi connectivity index (χ3v) is 5.57. The molecule has 0 fully saturated rings. The standard InChI is InChI=1S/C17H22N8O6S/c1-31-11(6-23-32(29,30)24-16(27)9-4-2-3-5-10(9)18)13(26)17(28)25-8-22-12-14(19)20-7-21-15(12)25/h2-5,7-8,11,13,17,23,26,28H,6,18H2,1H3,(H,24,27)(H2,19,20,21)/t11-,13-,17-/m1/s1. The molecule has 14 nitrogen and oxygen atoms in total. The van der Waals surface area contributed by atoms with Gasteiger partial charge in [-0.2, -0.15) is 13.1 Å². The van der Waals surface area contributed by atoms with Gasteiger partial charge in [0.05, 0.1) is 11.9 Å². The molecule has 1 aromatic carbocycles. The van der Waals surface area contributed by atoms with Crippen molar-refractivity contribution in [2.75, 3.05) is 25.1 Å². The maximum absolute atomic E-state index is 12.2. The lowest BCUT2D eigenvalue weighted by atomic mass is 10.1. The van der Waals surface area contributed by atoms with E-state index in [0.717, 1.165) is 4.57 Å². The maximum atomic E-state index is 12.2. The molecule has 0 radical (unpaired) electrons. The zero-order valence-electron chi connectivity index (χ0n) is 16.8. The van der Waals surface area contributed by atoms with E-state index in [4.69, 9.17) is 16.2 Å². The van der Waals surface area contributed by atoms with Gasteiger partial charge in [-0.25, -0.2) is 19.7 Å². The second-order valence-electron chi connectivity index (χ2n) is 6.63. The zero-order chi connectivity index (χ0) is 23.5. The Morgan fingerprint density at radius 3 is 2.62 bits per heavy atom. The van der Waals surface area contributed by atoms with Crippen molar-refractivity contribution < 1.29 is 28.2 Å². The van der Waals surface area contributed by atoms with Crippen LogP contribution in [0.1, 0.15) is 16.6 Å². The SMILES string of the molecule is CO[C@H](CNS(=O)(=O)NC(=O)c1ccccc1N)[C@@H](O)[C@@H](O)n1cnc2c(N)ncnc21. The molecule has 0 aliphatic rings. The lowest BCUT2D eigenvalue weighted by molar-refractivity contribution is -0.0994. The van der Waals surface area contributed by atoms with Gasteiger partial charge >= 0.3 is 10.2 Å². The van der Waals surface area contributed by atoms with Gasteiger partial charge < -0.3 is 26.4 Å². The summed E-state index contributed by atoms with van der Waals surface area (Å²) in [5.74, 6) is -0.853. The fourth-order valence-electron chi connectivity index (χ4n) is 2.87. The summed E-state index contributed by atoms with van der Waals surface area (Å²) in [6, 6.07) is 5.94. The number of amides is 1. The minimum Gasteiger partial charge on any atom is -0.398 e. The summed E-state index contributed by atoms with van der Waals surface area (Å²) in [6.45, 7) is -0.481. The number of aliphatic hydroxyl groups excluding tert-OH is 2. The summed E-state index contributed by atoms with van der Waals surface area (Å²) >= 11 is 0. The topological polar surface area (TPSA) is 221 Å². The Morgan fingerprint density at radius 2 is 1.94 bits per heavy atom. The molecule has 3 aromatic rings. The van der Waals surface area contributed by atoms with E-state index < -0.39 is 41.1 Å². The lowest BCUT2D eigenvalue weighted by Crippen LogP contribution is -2.48. The molecule has 2 heterocycles. The molecule has 2 aromatic heterocycles. The van der Waals surface area contributed by atoms with Crippen LogP contribution in [0.4, 0.5) is 11.5 Å². The van der Waals surface area contributed by atoms with Gasteiger partial charge in [-0.05, 0) is 12.1 Å². The van der Waals surface area contributed by atoms with Gasteiger partial charge in [0.25, 0.3) is 5.91 Å². The van der Waals surface area contributed by atoms with Crippen LogP contribution >= 0.6 is 0 Å². The minimum atomic E-state index is -4.34. The van der Waals surface area contributed by atoms with E-state index in [1.807, 2.05) is 4.72 Å². The fraction of sp³-hybridized carbons (Fsp3) is 0.294. The van der Waals surface area contributed by atoms with E-state index in [1.165, 1.54) is 38.0 Å². The summed E-state index contributed by atoms with van der Waals surface area (Å²) < 4.78 is 34.7. The molecular formula is C17H22N8O6S. The Morgan fingerprint density at radius 1 is 1.22 bits per heavy atom. The number of fused-ring (bicyclic) bond motifs is 1. The highest BCUT2D eigenvalue weighted by Crippen LogP contribution is 2.21. The number of nitrogens with two attached hydrogens (primary N) is 2. The third kappa shape index (κ3) is 4.92. The maximum Gasteiger partial charge on any atom is 0.301 e. The second-order valence-corrected chi connectivity index (χ2v) is 8.13. The van der Waals surface area contributed by atoms with Gasteiger partial charge in [0, 0.05) is 19.3 Å². The first-order valence-electron chi connectivity index (χ1n) is 9.12. The average molecular weight is 466 g/mol. The van der Waals surface area contributed by atoms with E-state index in [-0.39, 0.29) is 28.2 Å². The van der Waals surface area contributed by atoms with E-state index in [2.05, 4.69) is 19.7 Å². The van der Waals surface area contributed by atoms with Crippen LogP contribution in [0.2, 0.25) is 0 Å². The Labute approximate surface area is 182 Å². The fourth-order valence-corrected chi connectivity index (χ4v) is 3.68. The summed E-state index contributed by atoms with van der Waals surface area (Å²) in [7, 11) is -3.13. The number of aliphatic hydroxyl groups is 2. The van der Waals surface area contributed by atoms with Crippen LogP contribution in [0.3, 0.4) is 0 Å². The molecule has 15 heteroatoms. The Kier molecular flexibility index (Phi) is 6.85. The molecule has 0 aliphatic heterocycles. The van der Waals surface area contributed by atoms with Crippen LogP contribution in [-0.2, 0) is 14.9 Å². The number of rotatable bonds is 9. The molecule has 0 spiro atoms. The predicted octanol–water partition coefficient (Wildman–Crippen LogP) is -1.88. The van der Waals surface area contributed by atoms with Crippen molar-refractivity contribution in [3.63, 3.8) is 0 Å². The van der Waals surface area contributed by atoms with Gasteiger partial charge in [-0.15, -0.1) is 0 Å². The summed E-state index contributed by atoms with van der Waals surface area (Å²) in [5, 5.41) is 21.1. The number of nitrogens with one attached hydrogen (secondary N) is 2. The Bertz CT molecular complexity index is 1220. The van der Waals surface area contributed by atoms with E-state index in [1.54, 1.807) is 6.07 Å². The normalized spacial score (nSPS) is 14.7. The van der Waals surface area contributed by atoms with E-state index >= 15 is 0 Å². The molecule has 3 atom stereocenters. The second kappa shape index (κ2) is 9.41. The van der Waals surface area contributed by atoms with Crippen LogP contribution in [0.5, 0.6) is 0 Å². The molecule has 3 rings (SSSR count). The van der Waals surface area contributed by atoms with Crippen LogP contribution in [0.25, 0.3) is 11.2 Å². The number of carbonyl (C=O) groups is 1. The van der Waals surface area contributed by atoms with E-state index in [0.29, 0.717) is 0 Å². The van der Waals surface area contributed by atoms with Gasteiger partial charge in [0.1, 0.15) is 24.1 Å². The molecular weight excluding hydrogens is 444 g/mol. The first-order chi connectivity index (χ1) is 15.1. The monoisotopic (exact) mass is 466 g/mol. The number of para-hydroxylation sites is 1. The molecule has 0 aliphatic carbocycles. The predicted molar refractivity (Wildman–Crippen MR) is 113 cm³/mol. The van der Waals surface area contributed by atoms with Crippen molar-refractivity contribution in [3.8, 4) is 0 Å². The number of methoxy groups -OCH3 is 1. The first kappa shape index (κ1) is 23.3. The van der Waals surface area contributed by atoms with Gasteiger partial charge in [-0.1, -0.05) is 12.1 Å². The minimum absolute atomic E-state index is 0.0233. The highest BCUT2D eigenvalue weighted by atomic mass is 32.2. The highest BCUT2D eigenvalue weighted by Gasteiger charge is 2.30. The van der Waals surface area contributed by atoms with Crippen molar-refractivity contribution in [3.05, 3.63) is 42.5 Å². The molecule has 172 valence electrons. The van der Waals surface area contributed by atoms with Crippen molar-refractivity contribution in [2.24, 2.45) is 0 Å². The largest absolute Gasteiger partial charge is 0.398 e. The molecule has 0 saturated heterocycles. The molecule has 1 amide bonds. The number of hydrogen-bond donors (Lipinski definition) is 6. The van der Waals surface area contributed by atoms with Gasteiger partial charge in [-0.3, -0.25) is 9.36 Å². The van der Waals surface area contributed by atoms with E-state index in [9.17, 15) is 23.4 Å². The summed E-state index contributed by atoms with van der Waals surface area (Å²) in [5.41, 5.74) is 11.8. The quantitative estimate of drug-likeness (QED) is 0.192. The number of carbonyl (C=O) groups excluding carboxylic acids is 1. The molecule has 32 heavy (non-hydrogen) atoms. The highest BCUT2D eigenvalue weighted by molar-refractivity contribution is 7.88. The number of benzene rings is 1. The smallest absolute Gasteiger partial charge is 0.301 e. The molecule has 8 N–H and O–H groups in total. The zero-order valence-corrected chi connectivity index (χ0v) is 17.6. The molecule has 0 bridgehead atoms. The van der Waals surface area contributed by atoms with Gasteiger partial charge in [0.2, 0.25) is 0 Å². The van der Waals surface area contributed by atoms with Crippen molar-refractivity contribution in [1.29, 1.82) is 0 Å². The number of ether oxygens (including phenoxy) is 1. The number of imidazole rings is 1. The lowest BCUT2D eigenvalue weighted by Gasteiger charge is -2.26. The summed E-state index contributed by atoms with van der Waals surface area (Å²) in [4.78, 5) is 23.9. The van der Waals surface area contributed by atoms with Crippen LogP contribution < -0.4 is 20.9 Å². The Balaban J connectivity index is 1.68. The summed E-state index contributed by atoms with van der Waals surface area (Å²) in [6.07, 6.45) is -2.07. The Hall–Kier alpha value is -3.37. The molecule has 0 unspecified atom stereocenters. The van der Waals surface area contributed by atoms with Crippen molar-refractivity contribution in [1.82, 2.24) is 29.0 Å². The van der Waals surface area contributed by atoms with Crippen LogP contribution in [0.15, 0.2) is 36.9 Å². The number of nitrogen functional groups attached to an aromatic ring is 2. The number of anilines is 2. The third-order valence-electron chi connectivity index (χ3n) is 4.57.